The molecule has 0 bridgehead atoms. The monoisotopic (exact) mass is 335 g/mol. The van der Waals surface area contributed by atoms with Crippen LogP contribution in [-0.4, -0.2) is 12.5 Å². The van der Waals surface area contributed by atoms with Gasteiger partial charge < -0.3 is 4.90 Å². The summed E-state index contributed by atoms with van der Waals surface area (Å²) in [5, 5.41) is 0.592. The molecule has 5 heteroatoms. The Bertz CT molecular complexity index is 793. The van der Waals surface area contributed by atoms with E-state index >= 15 is 0 Å². The second-order valence-corrected chi connectivity index (χ2v) is 6.50. The van der Waals surface area contributed by atoms with Gasteiger partial charge in [-0.2, -0.15) is 0 Å². The SMILES string of the molecule is CCC1(C)CN(C(=O)c2cccc(F)c2F)c2ccc(Cl)cc21. The van der Waals surface area contributed by atoms with Crippen molar-refractivity contribution >= 4 is 23.2 Å². The lowest BCUT2D eigenvalue weighted by Gasteiger charge is -2.24. The molecule has 120 valence electrons. The van der Waals surface area contributed by atoms with Crippen LogP contribution in [-0.2, 0) is 5.41 Å². The highest BCUT2D eigenvalue weighted by Crippen LogP contribution is 2.44. The molecule has 0 N–H and O–H groups in total. The van der Waals surface area contributed by atoms with E-state index in [9.17, 15) is 13.6 Å². The predicted octanol–water partition coefficient (Wildman–Crippen LogP) is 4.95. The first-order valence-corrected chi connectivity index (χ1v) is 7.81. The van der Waals surface area contributed by atoms with E-state index in [0.717, 1.165) is 18.1 Å². The van der Waals surface area contributed by atoms with Crippen LogP contribution in [0, 0.1) is 11.6 Å². The van der Waals surface area contributed by atoms with Crippen molar-refractivity contribution in [2.75, 3.05) is 11.4 Å². The number of benzene rings is 2. The number of halogens is 3. The Morgan fingerprint density at radius 3 is 2.74 bits per heavy atom. The van der Waals surface area contributed by atoms with Crippen LogP contribution in [0.1, 0.15) is 36.2 Å². The Kier molecular flexibility index (Phi) is 3.88. The van der Waals surface area contributed by atoms with Crippen molar-refractivity contribution < 1.29 is 13.6 Å². The zero-order chi connectivity index (χ0) is 16.8. The predicted molar refractivity (Wildman–Crippen MR) is 87.1 cm³/mol. The first kappa shape index (κ1) is 15.9. The molecule has 0 fully saturated rings. The number of rotatable bonds is 2. The van der Waals surface area contributed by atoms with E-state index in [1.165, 1.54) is 17.0 Å². The maximum absolute atomic E-state index is 14.0. The molecule has 0 radical (unpaired) electrons. The summed E-state index contributed by atoms with van der Waals surface area (Å²) in [5.41, 5.74) is 1.14. The molecule has 0 saturated heterocycles. The summed E-state index contributed by atoms with van der Waals surface area (Å²) >= 11 is 6.08. The van der Waals surface area contributed by atoms with Gasteiger partial charge in [0.2, 0.25) is 0 Å². The number of anilines is 1. The van der Waals surface area contributed by atoms with Gasteiger partial charge in [0, 0.05) is 22.7 Å². The van der Waals surface area contributed by atoms with Crippen molar-refractivity contribution in [2.24, 2.45) is 0 Å². The second-order valence-electron chi connectivity index (χ2n) is 6.07. The smallest absolute Gasteiger partial charge is 0.261 e. The highest BCUT2D eigenvalue weighted by atomic mass is 35.5. The summed E-state index contributed by atoms with van der Waals surface area (Å²) in [4.78, 5) is 14.3. The molecule has 3 rings (SSSR count). The van der Waals surface area contributed by atoms with Gasteiger partial charge in [-0.05, 0) is 42.3 Å². The molecule has 2 nitrogen and oxygen atoms in total. The van der Waals surface area contributed by atoms with Gasteiger partial charge in [0.15, 0.2) is 11.6 Å². The van der Waals surface area contributed by atoms with Gasteiger partial charge in [-0.25, -0.2) is 8.78 Å². The van der Waals surface area contributed by atoms with Gasteiger partial charge in [0.05, 0.1) is 5.56 Å². The zero-order valence-electron chi connectivity index (χ0n) is 12.9. The minimum atomic E-state index is -1.11. The Hall–Kier alpha value is -1.94. The number of fused-ring (bicyclic) bond motifs is 1. The molecule has 1 amide bonds. The van der Waals surface area contributed by atoms with Gasteiger partial charge in [0.1, 0.15) is 0 Å². The molecule has 1 heterocycles. The minimum absolute atomic E-state index is 0.258. The molecule has 0 aromatic heterocycles. The molecular formula is C18H16ClF2NO. The topological polar surface area (TPSA) is 20.3 Å². The van der Waals surface area contributed by atoms with Crippen molar-refractivity contribution in [1.82, 2.24) is 0 Å². The van der Waals surface area contributed by atoms with E-state index in [-0.39, 0.29) is 11.0 Å². The number of hydrogen-bond acceptors (Lipinski definition) is 1. The van der Waals surface area contributed by atoms with Gasteiger partial charge in [-0.1, -0.05) is 31.5 Å². The van der Waals surface area contributed by atoms with Crippen LogP contribution in [0.15, 0.2) is 36.4 Å². The fourth-order valence-corrected chi connectivity index (χ4v) is 3.22. The van der Waals surface area contributed by atoms with E-state index in [4.69, 9.17) is 11.6 Å². The molecule has 0 aliphatic carbocycles. The maximum atomic E-state index is 14.0. The van der Waals surface area contributed by atoms with E-state index in [2.05, 4.69) is 0 Å². The molecule has 1 aliphatic rings. The summed E-state index contributed by atoms with van der Waals surface area (Å²) < 4.78 is 27.4. The standard InChI is InChI=1S/C18H16ClF2NO/c1-3-18(2)10-22(15-8-7-11(19)9-13(15)18)17(23)12-5-4-6-14(20)16(12)21/h4-9H,3,10H2,1-2H3. The number of amides is 1. The summed E-state index contributed by atoms with van der Waals surface area (Å²) in [6, 6.07) is 8.94. The van der Waals surface area contributed by atoms with Crippen molar-refractivity contribution in [1.29, 1.82) is 0 Å². The highest BCUT2D eigenvalue weighted by Gasteiger charge is 2.41. The van der Waals surface area contributed by atoms with Crippen LogP contribution in [0.4, 0.5) is 14.5 Å². The van der Waals surface area contributed by atoms with Crippen molar-refractivity contribution in [3.8, 4) is 0 Å². The average Bonchev–Trinajstić information content (AvgIpc) is 2.83. The summed E-state index contributed by atoms with van der Waals surface area (Å²) in [7, 11) is 0. The van der Waals surface area contributed by atoms with Crippen LogP contribution in [0.2, 0.25) is 5.02 Å². The van der Waals surface area contributed by atoms with E-state index in [0.29, 0.717) is 17.3 Å². The Balaban J connectivity index is 2.09. The van der Waals surface area contributed by atoms with Gasteiger partial charge in [-0.15, -0.1) is 0 Å². The zero-order valence-corrected chi connectivity index (χ0v) is 13.6. The summed E-state index contributed by atoms with van der Waals surface area (Å²) in [6.45, 7) is 4.48. The van der Waals surface area contributed by atoms with Gasteiger partial charge in [0.25, 0.3) is 5.91 Å². The fourth-order valence-electron chi connectivity index (χ4n) is 3.04. The van der Waals surface area contributed by atoms with Crippen LogP contribution in [0.25, 0.3) is 0 Å². The van der Waals surface area contributed by atoms with E-state index < -0.39 is 17.5 Å². The van der Waals surface area contributed by atoms with Crippen LogP contribution in [0.3, 0.4) is 0 Å². The second kappa shape index (κ2) is 5.60. The van der Waals surface area contributed by atoms with Gasteiger partial charge in [-0.3, -0.25) is 4.79 Å². The molecule has 1 aliphatic heterocycles. The third kappa shape index (κ3) is 2.51. The van der Waals surface area contributed by atoms with Crippen LogP contribution in [0.5, 0.6) is 0 Å². The van der Waals surface area contributed by atoms with E-state index in [1.54, 1.807) is 12.1 Å². The normalized spacial score (nSPS) is 19.8. The van der Waals surface area contributed by atoms with Crippen LogP contribution < -0.4 is 4.90 Å². The molecule has 2 aromatic rings. The lowest BCUT2D eigenvalue weighted by atomic mass is 9.82. The van der Waals surface area contributed by atoms with Crippen molar-refractivity contribution in [2.45, 2.75) is 25.7 Å². The van der Waals surface area contributed by atoms with Crippen molar-refractivity contribution in [3.63, 3.8) is 0 Å². The lowest BCUT2D eigenvalue weighted by Crippen LogP contribution is -2.35. The quantitative estimate of drug-likeness (QED) is 0.760. The molecule has 2 aromatic carbocycles. The van der Waals surface area contributed by atoms with Crippen LogP contribution >= 0.6 is 11.6 Å². The first-order valence-electron chi connectivity index (χ1n) is 7.43. The number of nitrogens with zero attached hydrogens (tertiary/aromatic N) is 1. The Labute approximate surface area is 138 Å². The Morgan fingerprint density at radius 2 is 2.04 bits per heavy atom. The van der Waals surface area contributed by atoms with E-state index in [1.807, 2.05) is 19.9 Å². The molecule has 1 unspecified atom stereocenters. The van der Waals surface area contributed by atoms with Crippen molar-refractivity contribution in [3.05, 3.63) is 64.2 Å². The Morgan fingerprint density at radius 1 is 1.30 bits per heavy atom. The third-order valence-electron chi connectivity index (χ3n) is 4.61. The average molecular weight is 336 g/mol. The number of hydrogen-bond donors (Lipinski definition) is 0. The third-order valence-corrected chi connectivity index (χ3v) is 4.85. The maximum Gasteiger partial charge on any atom is 0.261 e. The van der Waals surface area contributed by atoms with Gasteiger partial charge >= 0.3 is 0 Å². The summed E-state index contributed by atoms with van der Waals surface area (Å²) in [5.74, 6) is -2.68. The molecule has 0 saturated carbocycles. The summed E-state index contributed by atoms with van der Waals surface area (Å²) in [6.07, 6.45) is 0.801. The highest BCUT2D eigenvalue weighted by molar-refractivity contribution is 6.30. The molecule has 23 heavy (non-hydrogen) atoms. The number of carbonyl (C=O) groups excluding carboxylic acids is 1. The molecule has 1 atom stereocenters. The fraction of sp³-hybridized carbons (Fsp3) is 0.278. The number of carbonyl (C=O) groups is 1. The molecule has 0 spiro atoms. The lowest BCUT2D eigenvalue weighted by molar-refractivity contribution is 0.0980. The minimum Gasteiger partial charge on any atom is -0.307 e. The molecular weight excluding hydrogens is 320 g/mol. The first-order chi connectivity index (χ1) is 10.9. The largest absolute Gasteiger partial charge is 0.307 e.